The van der Waals surface area contributed by atoms with Crippen molar-refractivity contribution in [1.29, 1.82) is 0 Å². The zero-order chi connectivity index (χ0) is 10.2. The minimum atomic E-state index is -0.181. The zero-order valence-electron chi connectivity index (χ0n) is 8.37. The van der Waals surface area contributed by atoms with Crippen molar-refractivity contribution in [2.24, 2.45) is 5.92 Å². The molecule has 1 amide bonds. The van der Waals surface area contributed by atoms with Crippen molar-refractivity contribution in [3.63, 3.8) is 0 Å². The van der Waals surface area contributed by atoms with Crippen LogP contribution in [0.5, 0.6) is 0 Å². The second kappa shape index (κ2) is 3.08. The molecule has 1 heterocycles. The van der Waals surface area contributed by atoms with E-state index in [4.69, 9.17) is 0 Å². The van der Waals surface area contributed by atoms with Gasteiger partial charge in [-0.25, -0.2) is 4.98 Å². The number of H-pyrrole nitrogens is 1. The molecular formula is C9H14N4O. The molecule has 1 aliphatic carbocycles. The fourth-order valence-electron chi connectivity index (χ4n) is 1.57. The highest BCUT2D eigenvalue weighted by molar-refractivity contribution is 5.90. The minimum absolute atomic E-state index is 0.135. The highest BCUT2D eigenvalue weighted by Crippen LogP contribution is 2.39. The molecule has 76 valence electrons. The topological polar surface area (TPSA) is 70.7 Å². The van der Waals surface area contributed by atoms with Crippen LogP contribution in [-0.4, -0.2) is 26.6 Å². The van der Waals surface area contributed by atoms with Crippen LogP contribution in [0.3, 0.4) is 0 Å². The molecule has 0 atom stereocenters. The Bertz CT molecular complexity index is 327. The van der Waals surface area contributed by atoms with Crippen molar-refractivity contribution < 1.29 is 4.79 Å². The summed E-state index contributed by atoms with van der Waals surface area (Å²) in [5.41, 5.74) is -0.135. The summed E-state index contributed by atoms with van der Waals surface area (Å²) in [6, 6.07) is 0. The number of carbonyl (C=O) groups excluding carboxylic acids is 1. The molecule has 5 heteroatoms. The van der Waals surface area contributed by atoms with E-state index >= 15 is 0 Å². The molecule has 0 aromatic carbocycles. The van der Waals surface area contributed by atoms with Gasteiger partial charge in [0.2, 0.25) is 5.82 Å². The summed E-state index contributed by atoms with van der Waals surface area (Å²) < 4.78 is 0. The van der Waals surface area contributed by atoms with Crippen LogP contribution in [0, 0.1) is 5.92 Å². The van der Waals surface area contributed by atoms with E-state index in [0.29, 0.717) is 5.92 Å². The third kappa shape index (κ3) is 1.76. The molecule has 1 aromatic heterocycles. The van der Waals surface area contributed by atoms with E-state index in [1.54, 1.807) is 0 Å². The van der Waals surface area contributed by atoms with Crippen molar-refractivity contribution in [2.45, 2.75) is 32.2 Å². The maximum absolute atomic E-state index is 11.6. The van der Waals surface area contributed by atoms with Gasteiger partial charge in [0.1, 0.15) is 6.33 Å². The average Bonchev–Trinajstić information content (AvgIpc) is 2.82. The summed E-state index contributed by atoms with van der Waals surface area (Å²) in [6.45, 7) is 4.08. The standard InChI is InChI=1S/C9H14N4O/c1-9(2,6-3-4-6)12-8(14)7-10-5-11-13-7/h5-6H,3-4H2,1-2H3,(H,12,14)(H,10,11,13). The van der Waals surface area contributed by atoms with Gasteiger partial charge in [-0.05, 0) is 32.6 Å². The predicted molar refractivity (Wildman–Crippen MR) is 50.7 cm³/mol. The van der Waals surface area contributed by atoms with Crippen molar-refractivity contribution in [3.05, 3.63) is 12.2 Å². The fraction of sp³-hybridized carbons (Fsp3) is 0.667. The number of hydrogen-bond acceptors (Lipinski definition) is 3. The third-order valence-corrected chi connectivity index (χ3v) is 2.66. The molecule has 0 spiro atoms. The van der Waals surface area contributed by atoms with Crippen molar-refractivity contribution in [3.8, 4) is 0 Å². The van der Waals surface area contributed by atoms with Gasteiger partial charge in [-0.15, -0.1) is 0 Å². The van der Waals surface area contributed by atoms with E-state index in [-0.39, 0.29) is 17.3 Å². The summed E-state index contributed by atoms with van der Waals surface area (Å²) in [7, 11) is 0. The van der Waals surface area contributed by atoms with Gasteiger partial charge in [0.15, 0.2) is 0 Å². The molecular weight excluding hydrogens is 180 g/mol. The van der Waals surface area contributed by atoms with Gasteiger partial charge in [0, 0.05) is 5.54 Å². The van der Waals surface area contributed by atoms with E-state index in [9.17, 15) is 4.79 Å². The summed E-state index contributed by atoms with van der Waals surface area (Å²) in [5.74, 6) is 0.701. The van der Waals surface area contributed by atoms with Gasteiger partial charge < -0.3 is 5.32 Å². The van der Waals surface area contributed by atoms with Crippen LogP contribution in [0.25, 0.3) is 0 Å². The largest absolute Gasteiger partial charge is 0.344 e. The maximum atomic E-state index is 11.6. The second-order valence-electron chi connectivity index (χ2n) is 4.28. The predicted octanol–water partition coefficient (Wildman–Crippen LogP) is 0.723. The Morgan fingerprint density at radius 2 is 2.36 bits per heavy atom. The lowest BCUT2D eigenvalue weighted by atomic mass is 9.99. The van der Waals surface area contributed by atoms with E-state index in [1.807, 2.05) is 13.8 Å². The Kier molecular flexibility index (Phi) is 2.02. The Morgan fingerprint density at radius 3 is 2.86 bits per heavy atom. The lowest BCUT2D eigenvalue weighted by molar-refractivity contribution is 0.0893. The second-order valence-corrected chi connectivity index (χ2v) is 4.28. The first kappa shape index (κ1) is 9.18. The first-order valence-electron chi connectivity index (χ1n) is 4.77. The molecule has 0 radical (unpaired) electrons. The number of rotatable bonds is 3. The highest BCUT2D eigenvalue weighted by Gasteiger charge is 2.39. The number of nitrogens with one attached hydrogen (secondary N) is 2. The number of amides is 1. The average molecular weight is 194 g/mol. The van der Waals surface area contributed by atoms with Gasteiger partial charge in [0.25, 0.3) is 5.91 Å². The zero-order valence-corrected chi connectivity index (χ0v) is 8.37. The van der Waals surface area contributed by atoms with Crippen molar-refractivity contribution >= 4 is 5.91 Å². The summed E-state index contributed by atoms with van der Waals surface area (Å²) in [5, 5.41) is 9.13. The van der Waals surface area contributed by atoms with Crippen molar-refractivity contribution in [1.82, 2.24) is 20.5 Å². The van der Waals surface area contributed by atoms with E-state index < -0.39 is 0 Å². The fourth-order valence-corrected chi connectivity index (χ4v) is 1.57. The SMILES string of the molecule is CC(C)(NC(=O)c1ncn[nH]1)C1CC1. The Morgan fingerprint density at radius 1 is 1.64 bits per heavy atom. The molecule has 14 heavy (non-hydrogen) atoms. The van der Waals surface area contributed by atoms with Crippen LogP contribution in [-0.2, 0) is 0 Å². The van der Waals surface area contributed by atoms with Gasteiger partial charge >= 0.3 is 0 Å². The van der Waals surface area contributed by atoms with Gasteiger partial charge in [-0.1, -0.05) is 0 Å². The summed E-state index contributed by atoms with van der Waals surface area (Å²) in [4.78, 5) is 15.4. The number of aromatic nitrogens is 3. The molecule has 0 aliphatic heterocycles. The van der Waals surface area contributed by atoms with Crippen LogP contribution in [0.1, 0.15) is 37.3 Å². The molecule has 2 N–H and O–H groups in total. The molecule has 1 aromatic rings. The molecule has 1 saturated carbocycles. The Labute approximate surface area is 82.3 Å². The molecule has 5 nitrogen and oxygen atoms in total. The van der Waals surface area contributed by atoms with Gasteiger partial charge in [0.05, 0.1) is 0 Å². The lowest BCUT2D eigenvalue weighted by Crippen LogP contribution is -2.45. The van der Waals surface area contributed by atoms with E-state index in [0.717, 1.165) is 0 Å². The van der Waals surface area contributed by atoms with Crippen LogP contribution in [0.4, 0.5) is 0 Å². The Hall–Kier alpha value is -1.39. The summed E-state index contributed by atoms with van der Waals surface area (Å²) >= 11 is 0. The number of carbonyl (C=O) groups is 1. The lowest BCUT2D eigenvalue weighted by Gasteiger charge is -2.25. The number of hydrogen-bond donors (Lipinski definition) is 2. The van der Waals surface area contributed by atoms with Crippen molar-refractivity contribution in [2.75, 3.05) is 0 Å². The molecule has 0 saturated heterocycles. The first-order chi connectivity index (χ1) is 6.59. The van der Waals surface area contributed by atoms with Crippen LogP contribution in [0.2, 0.25) is 0 Å². The normalized spacial score (nSPS) is 16.7. The first-order valence-corrected chi connectivity index (χ1v) is 4.77. The molecule has 1 fully saturated rings. The molecule has 2 rings (SSSR count). The molecule has 0 unspecified atom stereocenters. The Balaban J connectivity index is 2.00. The van der Waals surface area contributed by atoms with Gasteiger partial charge in [-0.2, -0.15) is 5.10 Å². The van der Waals surface area contributed by atoms with Crippen LogP contribution in [0.15, 0.2) is 6.33 Å². The molecule has 0 bridgehead atoms. The van der Waals surface area contributed by atoms with Gasteiger partial charge in [-0.3, -0.25) is 9.89 Å². The number of nitrogens with zero attached hydrogens (tertiary/aromatic N) is 2. The van der Waals surface area contributed by atoms with Crippen LogP contribution < -0.4 is 5.32 Å². The van der Waals surface area contributed by atoms with Crippen LogP contribution >= 0.6 is 0 Å². The maximum Gasteiger partial charge on any atom is 0.289 e. The highest BCUT2D eigenvalue weighted by atomic mass is 16.2. The minimum Gasteiger partial charge on any atom is -0.344 e. The van der Waals surface area contributed by atoms with E-state index in [1.165, 1.54) is 19.2 Å². The quantitative estimate of drug-likeness (QED) is 0.745. The smallest absolute Gasteiger partial charge is 0.289 e. The molecule has 1 aliphatic rings. The van der Waals surface area contributed by atoms with E-state index in [2.05, 4.69) is 20.5 Å². The monoisotopic (exact) mass is 194 g/mol. The summed E-state index contributed by atoms with van der Waals surface area (Å²) in [6.07, 6.45) is 3.73. The third-order valence-electron chi connectivity index (χ3n) is 2.66. The number of aromatic amines is 1.